The topological polar surface area (TPSA) is 90.8 Å². The zero-order valence-electron chi connectivity index (χ0n) is 15.9. The van der Waals surface area contributed by atoms with E-state index in [0.29, 0.717) is 36.2 Å². The lowest BCUT2D eigenvalue weighted by Crippen LogP contribution is -2.47. The Morgan fingerprint density at radius 3 is 2.77 bits per heavy atom. The molecule has 2 N–H and O–H groups in total. The number of likely N-dealkylation sites (tertiary alicyclic amines) is 1. The lowest BCUT2D eigenvalue weighted by Gasteiger charge is -2.36. The van der Waals surface area contributed by atoms with Crippen molar-refractivity contribution in [3.05, 3.63) is 18.0 Å². The Morgan fingerprint density at radius 2 is 2.00 bits per heavy atom. The molecule has 160 valence electrons. The van der Waals surface area contributed by atoms with E-state index in [0.717, 1.165) is 0 Å². The number of nitrogens with zero attached hydrogens (tertiary/aromatic N) is 5. The molecule has 3 aromatic rings. The summed E-state index contributed by atoms with van der Waals surface area (Å²) in [4.78, 5) is 10.3. The van der Waals surface area contributed by atoms with Crippen molar-refractivity contribution in [1.29, 1.82) is 0 Å². The van der Waals surface area contributed by atoms with Gasteiger partial charge in [0.15, 0.2) is 23.0 Å². The molecule has 1 saturated heterocycles. The molecular formula is C18H18F4N6O2. The van der Waals surface area contributed by atoms with Crippen LogP contribution in [0.5, 0.6) is 11.5 Å². The largest absolute Gasteiger partial charge is 0.586 e. The van der Waals surface area contributed by atoms with Gasteiger partial charge in [0.25, 0.3) is 5.92 Å². The molecule has 8 nitrogen and oxygen atoms in total. The van der Waals surface area contributed by atoms with Crippen molar-refractivity contribution in [2.75, 3.05) is 18.8 Å². The third kappa shape index (κ3) is 3.15. The SMILES string of the molecule is CC(Cc1nc2c3ccc4c(c3nc(N)n2n1)OC(F)(F)O4)N1CCCC(F)(F)C1. The molecule has 4 heterocycles. The Kier molecular flexibility index (Phi) is 4.01. The maximum Gasteiger partial charge on any atom is 0.586 e. The lowest BCUT2D eigenvalue weighted by atomic mass is 10.0. The van der Waals surface area contributed by atoms with Gasteiger partial charge in [0.1, 0.15) is 5.52 Å². The number of piperidine rings is 1. The third-order valence-corrected chi connectivity index (χ3v) is 5.40. The summed E-state index contributed by atoms with van der Waals surface area (Å²) in [7, 11) is 0. The van der Waals surface area contributed by atoms with Crippen molar-refractivity contribution < 1.29 is 27.0 Å². The van der Waals surface area contributed by atoms with Gasteiger partial charge in [-0.15, -0.1) is 13.9 Å². The number of benzene rings is 1. The summed E-state index contributed by atoms with van der Waals surface area (Å²) in [6.07, 6.45) is -3.15. The average Bonchev–Trinajstić information content (AvgIpc) is 3.21. The molecule has 0 bridgehead atoms. The van der Waals surface area contributed by atoms with Crippen molar-refractivity contribution in [1.82, 2.24) is 24.5 Å². The first-order valence-electron chi connectivity index (χ1n) is 9.47. The van der Waals surface area contributed by atoms with Gasteiger partial charge in [0, 0.05) is 24.3 Å². The average molecular weight is 426 g/mol. The molecular weight excluding hydrogens is 408 g/mol. The van der Waals surface area contributed by atoms with Gasteiger partial charge >= 0.3 is 6.29 Å². The van der Waals surface area contributed by atoms with Crippen LogP contribution in [0.1, 0.15) is 25.6 Å². The summed E-state index contributed by atoms with van der Waals surface area (Å²) in [6, 6.07) is 2.64. The zero-order chi connectivity index (χ0) is 21.3. The highest BCUT2D eigenvalue weighted by Crippen LogP contribution is 2.45. The molecule has 1 fully saturated rings. The van der Waals surface area contributed by atoms with Crippen molar-refractivity contribution in [2.45, 2.75) is 44.4 Å². The molecule has 12 heteroatoms. The lowest BCUT2D eigenvalue weighted by molar-refractivity contribution is -0.286. The molecule has 30 heavy (non-hydrogen) atoms. The van der Waals surface area contributed by atoms with Crippen LogP contribution >= 0.6 is 0 Å². The van der Waals surface area contributed by atoms with Crippen molar-refractivity contribution in [3.63, 3.8) is 0 Å². The molecule has 5 rings (SSSR count). The highest BCUT2D eigenvalue weighted by molar-refractivity contribution is 5.97. The summed E-state index contributed by atoms with van der Waals surface area (Å²) in [5.74, 6) is -2.75. The number of halogens is 4. The summed E-state index contributed by atoms with van der Waals surface area (Å²) < 4.78 is 64.7. The first-order chi connectivity index (χ1) is 14.1. The van der Waals surface area contributed by atoms with E-state index in [-0.39, 0.29) is 42.0 Å². The number of rotatable bonds is 3. The van der Waals surface area contributed by atoms with Gasteiger partial charge < -0.3 is 15.2 Å². The van der Waals surface area contributed by atoms with Gasteiger partial charge in [-0.25, -0.2) is 18.7 Å². The molecule has 0 amide bonds. The predicted octanol–water partition coefficient (Wildman–Crippen LogP) is 2.84. The molecule has 0 radical (unpaired) electrons. The molecule has 0 aliphatic carbocycles. The Hall–Kier alpha value is -2.89. The van der Waals surface area contributed by atoms with Gasteiger partial charge in [0.05, 0.1) is 6.54 Å². The number of alkyl halides is 4. The second-order valence-corrected chi connectivity index (χ2v) is 7.67. The van der Waals surface area contributed by atoms with Gasteiger partial charge in [0.2, 0.25) is 5.95 Å². The fourth-order valence-electron chi connectivity index (χ4n) is 3.99. The normalized spacial score (nSPS) is 21.4. The molecule has 0 saturated carbocycles. The van der Waals surface area contributed by atoms with E-state index >= 15 is 0 Å². The second-order valence-electron chi connectivity index (χ2n) is 7.67. The van der Waals surface area contributed by atoms with Crippen LogP contribution < -0.4 is 15.2 Å². The fraction of sp³-hybridized carbons (Fsp3) is 0.500. The number of hydrogen-bond donors (Lipinski definition) is 1. The number of fused-ring (bicyclic) bond motifs is 5. The molecule has 1 aromatic carbocycles. The van der Waals surface area contributed by atoms with Crippen molar-refractivity contribution in [2.24, 2.45) is 0 Å². The van der Waals surface area contributed by atoms with Gasteiger partial charge in [-0.3, -0.25) is 4.90 Å². The Labute approximate surface area is 167 Å². The van der Waals surface area contributed by atoms with Crippen LogP contribution in [0.15, 0.2) is 12.1 Å². The van der Waals surface area contributed by atoms with Gasteiger partial charge in [-0.1, -0.05) is 0 Å². The molecule has 2 aliphatic rings. The van der Waals surface area contributed by atoms with Crippen LogP contribution in [0, 0.1) is 0 Å². The van der Waals surface area contributed by atoms with E-state index < -0.39 is 12.2 Å². The predicted molar refractivity (Wildman–Crippen MR) is 97.8 cm³/mol. The molecule has 1 atom stereocenters. The van der Waals surface area contributed by atoms with Gasteiger partial charge in [-0.2, -0.15) is 4.52 Å². The van der Waals surface area contributed by atoms with Crippen LogP contribution in [-0.2, 0) is 6.42 Å². The van der Waals surface area contributed by atoms with Crippen molar-refractivity contribution in [3.8, 4) is 11.5 Å². The smallest absolute Gasteiger partial charge is 0.395 e. The van der Waals surface area contributed by atoms with Crippen LogP contribution in [0.25, 0.3) is 16.6 Å². The standard InChI is InChI=1S/C18H18F4N6O2/c1-9(27-6-2-5-17(19,20)8-27)7-12-24-15-10-3-4-11-14(30-18(21,22)29-11)13(10)25-16(23)28(15)26-12/h3-4,9H,2,5-8H2,1H3,(H2,23,25). The summed E-state index contributed by atoms with van der Waals surface area (Å²) in [6.45, 7) is 2.12. The van der Waals surface area contributed by atoms with Gasteiger partial charge in [-0.05, 0) is 32.0 Å². The van der Waals surface area contributed by atoms with Crippen LogP contribution in [0.4, 0.5) is 23.5 Å². The minimum Gasteiger partial charge on any atom is -0.395 e. The first-order valence-corrected chi connectivity index (χ1v) is 9.47. The first kappa shape index (κ1) is 19.1. The summed E-state index contributed by atoms with van der Waals surface area (Å²) in [5.41, 5.74) is 6.35. The quantitative estimate of drug-likeness (QED) is 0.644. The van der Waals surface area contributed by atoms with E-state index in [2.05, 4.69) is 24.5 Å². The fourth-order valence-corrected chi connectivity index (χ4v) is 3.99. The Balaban J connectivity index is 1.50. The zero-order valence-corrected chi connectivity index (χ0v) is 15.9. The minimum absolute atomic E-state index is 0.0689. The van der Waals surface area contributed by atoms with E-state index in [9.17, 15) is 17.6 Å². The maximum absolute atomic E-state index is 13.7. The van der Waals surface area contributed by atoms with E-state index in [1.807, 2.05) is 6.92 Å². The minimum atomic E-state index is -3.79. The maximum atomic E-state index is 13.7. The molecule has 2 aliphatic heterocycles. The van der Waals surface area contributed by atoms with Crippen molar-refractivity contribution >= 4 is 22.5 Å². The number of nitrogens with two attached hydrogens (primary N) is 1. The van der Waals surface area contributed by atoms with E-state index in [1.165, 1.54) is 16.6 Å². The highest BCUT2D eigenvalue weighted by atomic mass is 19.3. The molecule has 1 unspecified atom stereocenters. The van der Waals surface area contributed by atoms with E-state index in [4.69, 9.17) is 5.73 Å². The molecule has 2 aromatic heterocycles. The monoisotopic (exact) mass is 426 g/mol. The number of hydrogen-bond acceptors (Lipinski definition) is 7. The van der Waals surface area contributed by atoms with Crippen LogP contribution in [-0.4, -0.2) is 55.8 Å². The highest BCUT2D eigenvalue weighted by Gasteiger charge is 2.45. The Bertz CT molecular complexity index is 1150. The van der Waals surface area contributed by atoms with Crippen LogP contribution in [0.3, 0.4) is 0 Å². The number of ether oxygens (including phenoxy) is 2. The summed E-state index contributed by atoms with van der Waals surface area (Å²) >= 11 is 0. The molecule has 0 spiro atoms. The number of aromatic nitrogens is 4. The second kappa shape index (κ2) is 6.30. The number of anilines is 1. The van der Waals surface area contributed by atoms with E-state index in [1.54, 1.807) is 4.90 Å². The van der Waals surface area contributed by atoms with Crippen LogP contribution in [0.2, 0.25) is 0 Å². The number of nitrogen functional groups attached to an aromatic ring is 1. The third-order valence-electron chi connectivity index (χ3n) is 5.40. The Morgan fingerprint density at radius 1 is 1.20 bits per heavy atom. The summed E-state index contributed by atoms with van der Waals surface area (Å²) in [5, 5.41) is 4.74.